The van der Waals surface area contributed by atoms with Crippen LogP contribution in [0.15, 0.2) is 49.1 Å². The Balaban J connectivity index is 2.22. The summed E-state index contributed by atoms with van der Waals surface area (Å²) < 4.78 is 0. The van der Waals surface area contributed by atoms with Gasteiger partial charge in [0.05, 0.1) is 5.56 Å². The van der Waals surface area contributed by atoms with E-state index in [1.165, 1.54) is 23.2 Å². The van der Waals surface area contributed by atoms with Crippen molar-refractivity contribution in [3.63, 3.8) is 0 Å². The van der Waals surface area contributed by atoms with Crippen molar-refractivity contribution in [1.82, 2.24) is 4.90 Å². The zero-order valence-electron chi connectivity index (χ0n) is 13.8. The van der Waals surface area contributed by atoms with Gasteiger partial charge in [-0.05, 0) is 11.6 Å². The quantitative estimate of drug-likeness (QED) is 0.746. The number of nitrogens with zero attached hydrogens (tertiary/aromatic N) is 1. The van der Waals surface area contributed by atoms with Gasteiger partial charge in [-0.1, -0.05) is 36.4 Å². The van der Waals surface area contributed by atoms with Gasteiger partial charge in [-0.3, -0.25) is 14.4 Å². The molecule has 0 saturated carbocycles. The van der Waals surface area contributed by atoms with E-state index in [0.717, 1.165) is 10.4 Å². The molecule has 0 fully saturated rings. The van der Waals surface area contributed by atoms with Gasteiger partial charge in [-0.15, -0.1) is 17.9 Å². The molecule has 3 amide bonds. The normalized spacial score (nSPS) is 10.1. The van der Waals surface area contributed by atoms with Gasteiger partial charge in [-0.2, -0.15) is 0 Å². The van der Waals surface area contributed by atoms with Gasteiger partial charge in [-0.25, -0.2) is 0 Å². The van der Waals surface area contributed by atoms with Gasteiger partial charge >= 0.3 is 0 Å². The van der Waals surface area contributed by atoms with Crippen molar-refractivity contribution < 1.29 is 14.4 Å². The molecule has 6 nitrogen and oxygen atoms in total. The molecule has 0 aliphatic heterocycles. The second-order valence-corrected chi connectivity index (χ2v) is 6.37. The first kappa shape index (κ1) is 18.4. The number of hydrogen-bond acceptors (Lipinski definition) is 4. The molecule has 0 atom stereocenters. The van der Waals surface area contributed by atoms with E-state index < -0.39 is 11.8 Å². The maximum atomic E-state index is 12.2. The van der Waals surface area contributed by atoms with Gasteiger partial charge in [0.2, 0.25) is 11.8 Å². The fraction of sp³-hybridized carbons (Fsp3) is 0.167. The second kappa shape index (κ2) is 8.25. The van der Waals surface area contributed by atoms with Crippen molar-refractivity contribution in [1.29, 1.82) is 0 Å². The lowest BCUT2D eigenvalue weighted by atomic mass is 10.1. The average Bonchev–Trinajstić information content (AvgIpc) is 2.99. The van der Waals surface area contributed by atoms with E-state index in [1.807, 2.05) is 30.3 Å². The summed E-state index contributed by atoms with van der Waals surface area (Å²) in [4.78, 5) is 37.6. The highest BCUT2D eigenvalue weighted by Gasteiger charge is 2.18. The molecule has 1 heterocycles. The molecule has 1 aromatic heterocycles. The Hall–Kier alpha value is -2.93. The predicted molar refractivity (Wildman–Crippen MR) is 99.4 cm³/mol. The van der Waals surface area contributed by atoms with Gasteiger partial charge < -0.3 is 16.0 Å². The summed E-state index contributed by atoms with van der Waals surface area (Å²) >= 11 is 1.26. The minimum Gasteiger partial charge on any atom is -0.366 e. The van der Waals surface area contributed by atoms with Crippen LogP contribution in [0, 0.1) is 0 Å². The van der Waals surface area contributed by atoms with Gasteiger partial charge in [0.1, 0.15) is 11.5 Å². The van der Waals surface area contributed by atoms with E-state index in [1.54, 1.807) is 12.1 Å². The Morgan fingerprint density at radius 3 is 2.52 bits per heavy atom. The fourth-order valence-corrected chi connectivity index (χ4v) is 3.30. The first-order valence-electron chi connectivity index (χ1n) is 7.57. The third kappa shape index (κ3) is 4.77. The number of carbonyl (C=O) groups excluding carboxylic acids is 3. The molecular formula is C18H19N3O3S. The molecule has 130 valence electrons. The van der Waals surface area contributed by atoms with E-state index in [0.29, 0.717) is 5.00 Å². The fourth-order valence-electron chi connectivity index (χ4n) is 2.21. The monoisotopic (exact) mass is 357 g/mol. The molecule has 0 unspecified atom stereocenters. The van der Waals surface area contributed by atoms with Crippen LogP contribution in [-0.4, -0.2) is 35.7 Å². The number of nitrogens with two attached hydrogens (primary N) is 1. The van der Waals surface area contributed by atoms with E-state index in [-0.39, 0.29) is 24.6 Å². The van der Waals surface area contributed by atoms with Crippen LogP contribution in [0.3, 0.4) is 0 Å². The van der Waals surface area contributed by atoms with Crippen LogP contribution in [-0.2, 0) is 9.59 Å². The third-order valence-corrected chi connectivity index (χ3v) is 4.54. The molecule has 0 aliphatic carbocycles. The van der Waals surface area contributed by atoms with E-state index in [2.05, 4.69) is 11.9 Å². The van der Waals surface area contributed by atoms with Crippen LogP contribution in [0.1, 0.15) is 17.3 Å². The largest absolute Gasteiger partial charge is 0.366 e. The minimum absolute atomic E-state index is 0.127. The highest BCUT2D eigenvalue weighted by molar-refractivity contribution is 7.20. The molecule has 7 heteroatoms. The molecule has 0 bridgehead atoms. The maximum absolute atomic E-state index is 12.2. The van der Waals surface area contributed by atoms with Gasteiger partial charge in [0.15, 0.2) is 0 Å². The number of benzene rings is 1. The molecule has 1 aromatic carbocycles. The zero-order chi connectivity index (χ0) is 18.4. The average molecular weight is 357 g/mol. The molecule has 2 rings (SSSR count). The smallest absolute Gasteiger partial charge is 0.251 e. The standard InChI is InChI=1S/C18H19N3O3S/c1-3-9-21(12(2)22)11-16(23)20-18-14(17(19)24)10-15(25-18)13-7-5-4-6-8-13/h3-8,10H,1,9,11H2,2H3,(H2,19,24)(H,20,23). The summed E-state index contributed by atoms with van der Waals surface area (Å²) in [5, 5.41) is 3.05. The Labute approximate surface area is 149 Å². The summed E-state index contributed by atoms with van der Waals surface area (Å²) in [5.74, 6) is -1.26. The highest BCUT2D eigenvalue weighted by atomic mass is 32.1. The number of amides is 3. The number of anilines is 1. The van der Waals surface area contributed by atoms with Crippen LogP contribution in [0.4, 0.5) is 5.00 Å². The summed E-state index contributed by atoms with van der Waals surface area (Å²) in [7, 11) is 0. The Bertz CT molecular complexity index is 799. The maximum Gasteiger partial charge on any atom is 0.251 e. The minimum atomic E-state index is -0.622. The van der Waals surface area contributed by atoms with Crippen molar-refractivity contribution >= 4 is 34.1 Å². The first-order chi connectivity index (χ1) is 11.9. The Morgan fingerprint density at radius 1 is 1.28 bits per heavy atom. The molecular weight excluding hydrogens is 338 g/mol. The lowest BCUT2D eigenvalue weighted by Gasteiger charge is -2.18. The lowest BCUT2D eigenvalue weighted by Crippen LogP contribution is -2.36. The summed E-state index contributed by atoms with van der Waals surface area (Å²) in [6.45, 7) is 5.09. The van der Waals surface area contributed by atoms with E-state index in [9.17, 15) is 14.4 Å². The SMILES string of the molecule is C=CCN(CC(=O)Nc1sc(-c2ccccc2)cc1C(N)=O)C(C)=O. The Morgan fingerprint density at radius 2 is 1.96 bits per heavy atom. The number of rotatable bonds is 7. The van der Waals surface area contributed by atoms with Crippen molar-refractivity contribution in [2.75, 3.05) is 18.4 Å². The molecule has 0 spiro atoms. The summed E-state index contributed by atoms with van der Waals surface area (Å²) in [5.41, 5.74) is 6.59. The highest BCUT2D eigenvalue weighted by Crippen LogP contribution is 2.35. The van der Waals surface area contributed by atoms with Crippen molar-refractivity contribution in [3.8, 4) is 10.4 Å². The van der Waals surface area contributed by atoms with E-state index >= 15 is 0 Å². The number of carbonyl (C=O) groups is 3. The van der Waals surface area contributed by atoms with Gasteiger partial charge in [0, 0.05) is 18.3 Å². The molecule has 3 N–H and O–H groups in total. The molecule has 0 saturated heterocycles. The van der Waals surface area contributed by atoms with Gasteiger partial charge in [0.25, 0.3) is 5.91 Å². The predicted octanol–water partition coefficient (Wildman–Crippen LogP) is 2.49. The topological polar surface area (TPSA) is 92.5 Å². The molecule has 0 radical (unpaired) electrons. The van der Waals surface area contributed by atoms with Crippen LogP contribution >= 0.6 is 11.3 Å². The van der Waals surface area contributed by atoms with Crippen LogP contribution in [0.5, 0.6) is 0 Å². The second-order valence-electron chi connectivity index (χ2n) is 5.32. The number of nitrogens with one attached hydrogen (secondary N) is 1. The van der Waals surface area contributed by atoms with Crippen molar-refractivity contribution in [2.45, 2.75) is 6.92 Å². The number of primary amides is 1. The van der Waals surface area contributed by atoms with Crippen molar-refractivity contribution in [2.24, 2.45) is 5.73 Å². The third-order valence-electron chi connectivity index (χ3n) is 3.44. The number of hydrogen-bond donors (Lipinski definition) is 2. The van der Waals surface area contributed by atoms with Crippen LogP contribution in [0.25, 0.3) is 10.4 Å². The molecule has 2 aromatic rings. The molecule has 25 heavy (non-hydrogen) atoms. The van der Waals surface area contributed by atoms with Crippen molar-refractivity contribution in [3.05, 3.63) is 54.6 Å². The first-order valence-corrected chi connectivity index (χ1v) is 8.39. The summed E-state index contributed by atoms with van der Waals surface area (Å²) in [6.07, 6.45) is 1.54. The Kier molecular flexibility index (Phi) is 6.08. The summed E-state index contributed by atoms with van der Waals surface area (Å²) in [6, 6.07) is 11.1. The molecule has 0 aliphatic rings. The lowest BCUT2D eigenvalue weighted by molar-refractivity contribution is -0.132. The van der Waals surface area contributed by atoms with E-state index in [4.69, 9.17) is 5.73 Å². The number of thiophene rings is 1. The van der Waals surface area contributed by atoms with Crippen LogP contribution in [0.2, 0.25) is 0 Å². The zero-order valence-corrected chi connectivity index (χ0v) is 14.6. The van der Waals surface area contributed by atoms with Crippen LogP contribution < -0.4 is 11.1 Å².